The van der Waals surface area contributed by atoms with Gasteiger partial charge in [-0.2, -0.15) is 10.4 Å². The second-order valence-corrected chi connectivity index (χ2v) is 9.25. The summed E-state index contributed by atoms with van der Waals surface area (Å²) in [5.41, 5.74) is 7.75. The van der Waals surface area contributed by atoms with Gasteiger partial charge in [0.2, 0.25) is 0 Å². The molecule has 2 amide bonds. The van der Waals surface area contributed by atoms with E-state index in [0.717, 1.165) is 5.69 Å². The molecule has 5 rings (SSSR count). The van der Waals surface area contributed by atoms with Crippen LogP contribution in [0.1, 0.15) is 37.2 Å². The summed E-state index contributed by atoms with van der Waals surface area (Å²) in [7, 11) is 1.79. The van der Waals surface area contributed by atoms with Crippen LogP contribution in [0.15, 0.2) is 24.5 Å². The summed E-state index contributed by atoms with van der Waals surface area (Å²) in [5, 5.41) is 25.2. The fraction of sp³-hybridized carbons (Fsp3) is 0.455. The minimum atomic E-state index is -0.677. The number of hydrogen-bond acceptors (Lipinski definition) is 8. The number of carbonyl (C=O) groups is 1. The van der Waals surface area contributed by atoms with E-state index >= 15 is 0 Å². The lowest BCUT2D eigenvalue weighted by Crippen LogP contribution is -2.49. The van der Waals surface area contributed by atoms with Crippen LogP contribution >= 0.6 is 0 Å². The van der Waals surface area contributed by atoms with E-state index in [4.69, 9.17) is 15.6 Å². The predicted octanol–water partition coefficient (Wildman–Crippen LogP) is 1.10. The van der Waals surface area contributed by atoms with Crippen molar-refractivity contribution in [2.75, 3.05) is 25.4 Å². The fourth-order valence-corrected chi connectivity index (χ4v) is 4.53. The molecule has 1 atom stereocenters. The lowest BCUT2D eigenvalue weighted by molar-refractivity contribution is -0.0702. The number of nitrogens with two attached hydrogens (primary N) is 1. The number of amides is 2. The minimum absolute atomic E-state index is 0.186. The summed E-state index contributed by atoms with van der Waals surface area (Å²) >= 11 is 0. The molecule has 0 radical (unpaired) electrons. The van der Waals surface area contributed by atoms with Crippen molar-refractivity contribution in [3.8, 4) is 17.3 Å². The number of pyridine rings is 1. The Morgan fingerprint density at radius 2 is 2.18 bits per heavy atom. The van der Waals surface area contributed by atoms with Gasteiger partial charge in [0.15, 0.2) is 0 Å². The van der Waals surface area contributed by atoms with Gasteiger partial charge in [0.1, 0.15) is 23.2 Å². The number of nitrogens with one attached hydrogen (secondary N) is 1. The zero-order valence-electron chi connectivity index (χ0n) is 19.3. The molecule has 0 saturated carbocycles. The Morgan fingerprint density at radius 3 is 2.91 bits per heavy atom. The van der Waals surface area contributed by atoms with Gasteiger partial charge < -0.3 is 20.7 Å². The topological polar surface area (TPSA) is 153 Å². The predicted molar refractivity (Wildman–Crippen MR) is 121 cm³/mol. The first-order valence-electron chi connectivity index (χ1n) is 11.0. The first-order chi connectivity index (χ1) is 16.2. The zero-order chi connectivity index (χ0) is 24.1. The molecule has 0 aromatic carbocycles. The van der Waals surface area contributed by atoms with Crippen LogP contribution in [0, 0.1) is 11.3 Å². The molecule has 1 saturated heterocycles. The van der Waals surface area contributed by atoms with Crippen molar-refractivity contribution in [3.05, 3.63) is 41.5 Å². The molecular weight excluding hydrogens is 436 g/mol. The van der Waals surface area contributed by atoms with Crippen LogP contribution in [-0.4, -0.2) is 60.4 Å². The quantitative estimate of drug-likeness (QED) is 0.587. The monoisotopic (exact) mass is 462 g/mol. The molecule has 5 heterocycles. The molecule has 2 aliphatic heterocycles. The fourth-order valence-electron chi connectivity index (χ4n) is 4.53. The van der Waals surface area contributed by atoms with Crippen molar-refractivity contribution < 1.29 is 9.53 Å². The van der Waals surface area contributed by atoms with Gasteiger partial charge in [-0.15, -0.1) is 5.10 Å². The van der Waals surface area contributed by atoms with E-state index in [1.807, 2.05) is 24.6 Å². The van der Waals surface area contributed by atoms with Crippen LogP contribution in [-0.2, 0) is 29.5 Å². The summed E-state index contributed by atoms with van der Waals surface area (Å²) in [6, 6.07) is 5.52. The van der Waals surface area contributed by atoms with Crippen molar-refractivity contribution in [2.24, 2.45) is 7.05 Å². The number of carbonyl (C=O) groups excluding carboxylic acids is 1. The Kier molecular flexibility index (Phi) is 5.02. The third-order valence-electron chi connectivity index (χ3n) is 6.44. The lowest BCUT2D eigenvalue weighted by Gasteiger charge is -2.34. The third kappa shape index (κ3) is 3.63. The zero-order valence-corrected chi connectivity index (χ0v) is 19.3. The molecule has 2 aliphatic rings. The van der Waals surface area contributed by atoms with Crippen LogP contribution in [0.2, 0.25) is 0 Å². The first-order valence-corrected chi connectivity index (χ1v) is 11.0. The number of anilines is 1. The SMILES string of the molecule is Cn1cc(C(C)(C)NC(=O)N2CCC3(C2)OCCn2nc(-c4cnc(N)c(C#N)c4)cc23)nn1. The van der Waals surface area contributed by atoms with Crippen molar-refractivity contribution in [2.45, 2.75) is 38.0 Å². The molecule has 0 aliphatic carbocycles. The van der Waals surface area contributed by atoms with E-state index in [1.54, 1.807) is 35.1 Å². The number of aryl methyl sites for hydroxylation is 1. The smallest absolute Gasteiger partial charge is 0.318 e. The summed E-state index contributed by atoms with van der Waals surface area (Å²) in [5.74, 6) is 0.192. The molecule has 34 heavy (non-hydrogen) atoms. The standard InChI is InChI=1S/C22H26N10O2/c1-21(2,17-12-30(3)29-27-17)26-20(33)31-5-4-22(13-31)18-9-16(28-32(18)6-7-34-22)15-8-14(10-23)19(24)25-11-15/h8-9,11-12H,4-7,13H2,1-3H3,(H2,24,25)(H,26,33). The van der Waals surface area contributed by atoms with E-state index in [2.05, 4.69) is 26.7 Å². The lowest BCUT2D eigenvalue weighted by atomic mass is 9.96. The van der Waals surface area contributed by atoms with Crippen molar-refractivity contribution in [3.63, 3.8) is 0 Å². The number of fused-ring (bicyclic) bond motifs is 2. The van der Waals surface area contributed by atoms with E-state index in [9.17, 15) is 10.1 Å². The average molecular weight is 463 g/mol. The van der Waals surface area contributed by atoms with Gasteiger partial charge in [0.05, 0.1) is 48.4 Å². The summed E-state index contributed by atoms with van der Waals surface area (Å²) in [6.07, 6.45) is 4.06. The second kappa shape index (κ2) is 7.81. The Hall–Kier alpha value is -3.98. The number of nitrogen functional groups attached to an aromatic ring is 1. The van der Waals surface area contributed by atoms with Crippen LogP contribution in [0.3, 0.4) is 0 Å². The maximum absolute atomic E-state index is 13.1. The van der Waals surface area contributed by atoms with Crippen molar-refractivity contribution in [1.29, 1.82) is 5.26 Å². The van der Waals surface area contributed by atoms with E-state index in [1.165, 1.54) is 0 Å². The van der Waals surface area contributed by atoms with Crippen LogP contribution in [0.25, 0.3) is 11.3 Å². The molecule has 12 heteroatoms. The molecule has 1 unspecified atom stereocenters. The van der Waals surface area contributed by atoms with Gasteiger partial charge in [-0.05, 0) is 26.0 Å². The van der Waals surface area contributed by atoms with E-state index in [-0.39, 0.29) is 11.8 Å². The summed E-state index contributed by atoms with van der Waals surface area (Å²) in [4.78, 5) is 19.0. The number of aromatic nitrogens is 6. The first kappa shape index (κ1) is 21.8. The number of rotatable bonds is 3. The van der Waals surface area contributed by atoms with Crippen molar-refractivity contribution >= 4 is 11.8 Å². The highest BCUT2D eigenvalue weighted by molar-refractivity contribution is 5.76. The molecule has 1 fully saturated rings. The largest absolute Gasteiger partial charge is 0.383 e. The number of nitrogens with zero attached hydrogens (tertiary/aromatic N) is 8. The molecule has 0 bridgehead atoms. The second-order valence-electron chi connectivity index (χ2n) is 9.25. The third-order valence-corrected chi connectivity index (χ3v) is 6.44. The summed E-state index contributed by atoms with van der Waals surface area (Å²) in [6.45, 7) is 5.86. The van der Waals surface area contributed by atoms with Gasteiger partial charge in [0.25, 0.3) is 0 Å². The molecule has 3 aromatic rings. The number of hydrogen-bond donors (Lipinski definition) is 2. The normalized spacial score (nSPS) is 19.8. The Balaban J connectivity index is 1.37. The molecule has 176 valence electrons. The Bertz CT molecular complexity index is 1300. The number of nitriles is 1. The highest BCUT2D eigenvalue weighted by Crippen LogP contribution is 2.40. The highest BCUT2D eigenvalue weighted by Gasteiger charge is 2.47. The van der Waals surface area contributed by atoms with E-state index < -0.39 is 11.1 Å². The number of urea groups is 1. The molecule has 3 N–H and O–H groups in total. The van der Waals surface area contributed by atoms with Crippen LogP contribution < -0.4 is 11.1 Å². The Morgan fingerprint density at radius 1 is 1.35 bits per heavy atom. The average Bonchev–Trinajstić information content (AvgIpc) is 3.53. The summed E-state index contributed by atoms with van der Waals surface area (Å²) < 4.78 is 9.80. The highest BCUT2D eigenvalue weighted by atomic mass is 16.5. The van der Waals surface area contributed by atoms with Gasteiger partial charge in [-0.25, -0.2) is 9.78 Å². The number of likely N-dealkylation sites (tertiary alicyclic amines) is 1. The Labute approximate surface area is 196 Å². The van der Waals surface area contributed by atoms with E-state index in [0.29, 0.717) is 55.2 Å². The minimum Gasteiger partial charge on any atom is -0.383 e. The maximum Gasteiger partial charge on any atom is 0.318 e. The van der Waals surface area contributed by atoms with Crippen LogP contribution in [0.4, 0.5) is 10.6 Å². The maximum atomic E-state index is 13.1. The van der Waals surface area contributed by atoms with Gasteiger partial charge in [0, 0.05) is 31.8 Å². The van der Waals surface area contributed by atoms with Gasteiger partial charge in [-0.3, -0.25) is 9.36 Å². The molecule has 12 nitrogen and oxygen atoms in total. The molecule has 3 aromatic heterocycles. The molecular formula is C22H26N10O2. The van der Waals surface area contributed by atoms with Crippen molar-refractivity contribution in [1.82, 2.24) is 40.0 Å². The van der Waals surface area contributed by atoms with Gasteiger partial charge in [-0.1, -0.05) is 5.21 Å². The van der Waals surface area contributed by atoms with Crippen LogP contribution in [0.5, 0.6) is 0 Å². The molecule has 1 spiro atoms. The van der Waals surface area contributed by atoms with Gasteiger partial charge >= 0.3 is 6.03 Å². The number of ether oxygens (including phenoxy) is 1.